The Morgan fingerprint density at radius 1 is 0.935 bits per heavy atom. The Morgan fingerprint density at radius 3 is 2.39 bits per heavy atom. The minimum atomic E-state index is 0. The summed E-state index contributed by atoms with van der Waals surface area (Å²) in [5.41, 5.74) is 6.54. The number of fused-ring (bicyclic) bond motifs is 1. The summed E-state index contributed by atoms with van der Waals surface area (Å²) in [4.78, 5) is 8.81. The Hall–Kier alpha value is -2.94. The molecule has 6 nitrogen and oxygen atoms in total. The number of para-hydroxylation sites is 2. The van der Waals surface area contributed by atoms with Crippen molar-refractivity contribution in [1.29, 1.82) is 0 Å². The van der Waals surface area contributed by atoms with E-state index in [0.29, 0.717) is 13.1 Å². The number of aliphatic imine (C=N–C) groups is 1. The maximum absolute atomic E-state index is 4.63. The summed E-state index contributed by atoms with van der Waals surface area (Å²) >= 11 is 0. The standard InChI is InChI=1S/C24H26N6.HI/c1-17-14-18(2)30(29-17)23-11-7-4-8-20(23)16-28-24(25-3)27-15-19-12-13-26-22-10-6-5-9-21(19)22;/h4-14H,15-16H2,1-3H3,(H2,25,27,28);1H. The molecule has 0 spiro atoms. The van der Waals surface area contributed by atoms with Crippen LogP contribution in [0.15, 0.2) is 71.9 Å². The van der Waals surface area contributed by atoms with Crippen molar-refractivity contribution in [3.05, 3.63) is 89.4 Å². The Balaban J connectivity index is 0.00000272. The van der Waals surface area contributed by atoms with Gasteiger partial charge in [0.05, 0.1) is 16.9 Å². The summed E-state index contributed by atoms with van der Waals surface area (Å²) in [6.07, 6.45) is 1.85. The van der Waals surface area contributed by atoms with Gasteiger partial charge in [-0.3, -0.25) is 9.98 Å². The van der Waals surface area contributed by atoms with E-state index in [-0.39, 0.29) is 24.0 Å². The number of benzene rings is 2. The number of guanidine groups is 1. The van der Waals surface area contributed by atoms with Crippen molar-refractivity contribution in [2.24, 2.45) is 4.99 Å². The quantitative estimate of drug-likeness (QED) is 0.228. The van der Waals surface area contributed by atoms with E-state index in [0.717, 1.165) is 39.5 Å². The maximum atomic E-state index is 4.63. The number of pyridine rings is 1. The SMILES string of the molecule is CN=C(NCc1ccccc1-n1nc(C)cc1C)NCc1ccnc2ccccc12.I. The second-order valence-electron chi connectivity index (χ2n) is 7.23. The molecule has 2 N–H and O–H groups in total. The first-order chi connectivity index (χ1) is 14.7. The number of rotatable bonds is 5. The highest BCUT2D eigenvalue weighted by Gasteiger charge is 2.09. The number of aromatic nitrogens is 3. The van der Waals surface area contributed by atoms with Gasteiger partial charge in [0.25, 0.3) is 0 Å². The first-order valence-electron chi connectivity index (χ1n) is 10.0. The van der Waals surface area contributed by atoms with Gasteiger partial charge in [0.1, 0.15) is 0 Å². The molecule has 0 aliphatic heterocycles. The molecule has 0 radical (unpaired) electrons. The highest BCUT2D eigenvalue weighted by atomic mass is 127. The minimum absolute atomic E-state index is 0. The van der Waals surface area contributed by atoms with E-state index in [1.807, 2.05) is 54.2 Å². The van der Waals surface area contributed by atoms with Crippen LogP contribution >= 0.6 is 24.0 Å². The molecule has 2 aromatic carbocycles. The summed E-state index contributed by atoms with van der Waals surface area (Å²) < 4.78 is 1.99. The zero-order valence-corrected chi connectivity index (χ0v) is 20.3. The van der Waals surface area contributed by atoms with Crippen LogP contribution < -0.4 is 10.6 Å². The Morgan fingerprint density at radius 2 is 1.65 bits per heavy atom. The Kier molecular flexibility index (Phi) is 7.62. The first kappa shape index (κ1) is 22.7. The van der Waals surface area contributed by atoms with Crippen molar-refractivity contribution in [2.45, 2.75) is 26.9 Å². The Bertz CT molecular complexity index is 1190. The van der Waals surface area contributed by atoms with Gasteiger partial charge in [0, 0.05) is 37.4 Å². The summed E-state index contributed by atoms with van der Waals surface area (Å²) in [5.74, 6) is 0.749. The molecule has 0 saturated carbocycles. The zero-order valence-electron chi connectivity index (χ0n) is 18.0. The fourth-order valence-electron chi connectivity index (χ4n) is 3.63. The van der Waals surface area contributed by atoms with Crippen LogP contribution in [0.4, 0.5) is 0 Å². The van der Waals surface area contributed by atoms with E-state index in [4.69, 9.17) is 0 Å². The third-order valence-corrected chi connectivity index (χ3v) is 5.08. The number of halogens is 1. The molecule has 2 heterocycles. The maximum Gasteiger partial charge on any atom is 0.191 e. The highest BCUT2D eigenvalue weighted by molar-refractivity contribution is 14.0. The van der Waals surface area contributed by atoms with Crippen LogP contribution in [0.5, 0.6) is 0 Å². The van der Waals surface area contributed by atoms with E-state index < -0.39 is 0 Å². The lowest BCUT2D eigenvalue weighted by Crippen LogP contribution is -2.36. The molecule has 0 aliphatic rings. The number of hydrogen-bond donors (Lipinski definition) is 2. The number of nitrogens with one attached hydrogen (secondary N) is 2. The molecule has 0 unspecified atom stereocenters. The molecule has 0 amide bonds. The average molecular weight is 526 g/mol. The summed E-state index contributed by atoms with van der Waals surface area (Å²) in [6.45, 7) is 5.40. The lowest BCUT2D eigenvalue weighted by Gasteiger charge is -2.15. The lowest BCUT2D eigenvalue weighted by molar-refractivity contribution is 0.782. The predicted octanol–water partition coefficient (Wildman–Crippen LogP) is 4.52. The second kappa shape index (κ2) is 10.4. The molecule has 4 aromatic rings. The van der Waals surface area contributed by atoms with Gasteiger partial charge in [-0.25, -0.2) is 4.68 Å². The molecule has 0 saturated heterocycles. The van der Waals surface area contributed by atoms with Crippen LogP contribution in [-0.2, 0) is 13.1 Å². The van der Waals surface area contributed by atoms with E-state index in [1.165, 1.54) is 5.56 Å². The first-order valence-corrected chi connectivity index (χ1v) is 10.0. The van der Waals surface area contributed by atoms with Gasteiger partial charge in [-0.05, 0) is 49.2 Å². The van der Waals surface area contributed by atoms with Crippen LogP contribution in [0.1, 0.15) is 22.5 Å². The minimum Gasteiger partial charge on any atom is -0.352 e. The van der Waals surface area contributed by atoms with E-state index >= 15 is 0 Å². The normalized spacial score (nSPS) is 11.3. The molecule has 4 rings (SSSR count). The molecule has 0 fully saturated rings. The fraction of sp³-hybridized carbons (Fsp3) is 0.208. The topological polar surface area (TPSA) is 67.1 Å². The molecule has 0 atom stereocenters. The van der Waals surface area contributed by atoms with Gasteiger partial charge in [-0.15, -0.1) is 24.0 Å². The average Bonchev–Trinajstić information content (AvgIpc) is 3.11. The second-order valence-corrected chi connectivity index (χ2v) is 7.23. The summed E-state index contributed by atoms with van der Waals surface area (Å²) in [6, 6.07) is 20.6. The number of nitrogens with zero attached hydrogens (tertiary/aromatic N) is 4. The number of aryl methyl sites for hydroxylation is 2. The van der Waals surface area contributed by atoms with Gasteiger partial charge >= 0.3 is 0 Å². The molecule has 7 heteroatoms. The van der Waals surface area contributed by atoms with Crippen LogP contribution in [0.2, 0.25) is 0 Å². The van der Waals surface area contributed by atoms with Crippen LogP contribution in [0.3, 0.4) is 0 Å². The highest BCUT2D eigenvalue weighted by Crippen LogP contribution is 2.17. The molecule has 0 bridgehead atoms. The largest absolute Gasteiger partial charge is 0.352 e. The Labute approximate surface area is 199 Å². The van der Waals surface area contributed by atoms with Crippen molar-refractivity contribution < 1.29 is 0 Å². The summed E-state index contributed by atoms with van der Waals surface area (Å²) in [7, 11) is 1.78. The predicted molar refractivity (Wildman–Crippen MR) is 137 cm³/mol. The van der Waals surface area contributed by atoms with Gasteiger partial charge < -0.3 is 10.6 Å². The smallest absolute Gasteiger partial charge is 0.191 e. The zero-order chi connectivity index (χ0) is 20.9. The van der Waals surface area contributed by atoms with E-state index in [9.17, 15) is 0 Å². The third kappa shape index (κ3) is 5.22. The van der Waals surface area contributed by atoms with Crippen molar-refractivity contribution >= 4 is 40.8 Å². The van der Waals surface area contributed by atoms with Gasteiger partial charge in [0.15, 0.2) is 5.96 Å². The molecule has 0 aliphatic carbocycles. The van der Waals surface area contributed by atoms with Crippen LogP contribution in [0, 0.1) is 13.8 Å². The fourth-order valence-corrected chi connectivity index (χ4v) is 3.63. The van der Waals surface area contributed by atoms with Gasteiger partial charge in [-0.1, -0.05) is 36.4 Å². The number of hydrogen-bond acceptors (Lipinski definition) is 3. The molecule has 2 aromatic heterocycles. The van der Waals surface area contributed by atoms with E-state index in [1.54, 1.807) is 7.05 Å². The van der Waals surface area contributed by atoms with Crippen molar-refractivity contribution in [2.75, 3.05) is 7.05 Å². The van der Waals surface area contributed by atoms with Crippen LogP contribution in [0.25, 0.3) is 16.6 Å². The van der Waals surface area contributed by atoms with Crippen molar-refractivity contribution in [3.63, 3.8) is 0 Å². The van der Waals surface area contributed by atoms with E-state index in [2.05, 4.69) is 56.9 Å². The molecule has 31 heavy (non-hydrogen) atoms. The monoisotopic (exact) mass is 526 g/mol. The third-order valence-electron chi connectivity index (χ3n) is 5.08. The molecular formula is C24H27IN6. The van der Waals surface area contributed by atoms with Crippen LogP contribution in [-0.4, -0.2) is 27.8 Å². The molecular weight excluding hydrogens is 499 g/mol. The van der Waals surface area contributed by atoms with Gasteiger partial charge in [-0.2, -0.15) is 5.10 Å². The van der Waals surface area contributed by atoms with Gasteiger partial charge in [0.2, 0.25) is 0 Å². The molecule has 160 valence electrons. The van der Waals surface area contributed by atoms with Crippen molar-refractivity contribution in [1.82, 2.24) is 25.4 Å². The lowest BCUT2D eigenvalue weighted by atomic mass is 10.1. The van der Waals surface area contributed by atoms with Crippen molar-refractivity contribution in [3.8, 4) is 5.69 Å². The summed E-state index contributed by atoms with van der Waals surface area (Å²) in [5, 5.41) is 12.6.